The number of carbonyl (C=O) groups excluding carboxylic acids is 1. The summed E-state index contributed by atoms with van der Waals surface area (Å²) < 4.78 is 0. The molecule has 4 heteroatoms. The minimum atomic E-state index is 0.155. The number of nitrogens with zero attached hydrogens (tertiary/aromatic N) is 1. The summed E-state index contributed by atoms with van der Waals surface area (Å²) in [6.45, 7) is 8.27. The minimum absolute atomic E-state index is 0.155. The molecule has 18 heavy (non-hydrogen) atoms. The lowest BCUT2D eigenvalue weighted by Crippen LogP contribution is -2.39. The largest absolute Gasteiger partial charge is 0.398 e. The van der Waals surface area contributed by atoms with Crippen LogP contribution < -0.4 is 5.73 Å². The van der Waals surface area contributed by atoms with E-state index in [0.717, 1.165) is 53.2 Å². The molecule has 0 spiro atoms. The van der Waals surface area contributed by atoms with Gasteiger partial charge in [0.15, 0.2) is 0 Å². The monoisotopic (exact) mass is 266 g/mol. The van der Waals surface area contributed by atoms with E-state index in [4.69, 9.17) is 5.73 Å². The molecule has 1 aromatic heterocycles. The molecule has 0 aliphatic carbocycles. The lowest BCUT2D eigenvalue weighted by Gasteiger charge is -2.33. The number of carbonyl (C=O) groups is 1. The smallest absolute Gasteiger partial charge is 0.264 e. The van der Waals surface area contributed by atoms with E-state index in [1.807, 2.05) is 17.9 Å². The Morgan fingerprint density at radius 2 is 2.06 bits per heavy atom. The molecule has 1 fully saturated rings. The maximum absolute atomic E-state index is 12.3. The van der Waals surface area contributed by atoms with Gasteiger partial charge in [0.05, 0.1) is 4.88 Å². The predicted octanol–water partition coefficient (Wildman–Crippen LogP) is 3.15. The van der Waals surface area contributed by atoms with E-state index in [0.29, 0.717) is 0 Å². The molecule has 1 amide bonds. The molecule has 1 aromatic rings. The highest BCUT2D eigenvalue weighted by Gasteiger charge is 2.26. The van der Waals surface area contributed by atoms with Crippen LogP contribution >= 0.6 is 11.3 Å². The van der Waals surface area contributed by atoms with Crippen molar-refractivity contribution in [3.05, 3.63) is 15.8 Å². The second-order valence-corrected chi connectivity index (χ2v) is 6.75. The summed E-state index contributed by atoms with van der Waals surface area (Å²) in [5, 5.41) is 0. The molecule has 2 N–H and O–H groups in total. The Kier molecular flexibility index (Phi) is 3.95. The summed E-state index contributed by atoms with van der Waals surface area (Å²) in [7, 11) is 0. The Bertz CT molecular complexity index is 412. The lowest BCUT2D eigenvalue weighted by molar-refractivity contribution is 0.0672. The molecule has 0 unspecified atom stereocenters. The highest BCUT2D eigenvalue weighted by Crippen LogP contribution is 2.28. The predicted molar refractivity (Wildman–Crippen MR) is 76.9 cm³/mol. The van der Waals surface area contributed by atoms with Crippen molar-refractivity contribution in [3.63, 3.8) is 0 Å². The third kappa shape index (κ3) is 2.69. The molecule has 0 saturated carbocycles. The summed E-state index contributed by atoms with van der Waals surface area (Å²) in [5.74, 6) is 1.65. The van der Waals surface area contributed by atoms with Crippen LogP contribution in [0.25, 0.3) is 0 Å². The number of nitrogen functional groups attached to an aromatic ring is 1. The van der Waals surface area contributed by atoms with Gasteiger partial charge >= 0.3 is 0 Å². The van der Waals surface area contributed by atoms with Crippen molar-refractivity contribution in [2.45, 2.75) is 33.6 Å². The summed E-state index contributed by atoms with van der Waals surface area (Å²) in [4.78, 5) is 16.1. The number of aryl methyl sites for hydroxylation is 1. The molecule has 2 rings (SSSR count). The maximum atomic E-state index is 12.3. The SMILES string of the molecule is Cc1sc(C(=O)N2CCC(C(C)C)CC2)cc1N. The fourth-order valence-electron chi connectivity index (χ4n) is 2.53. The number of thiophene rings is 1. The number of hydrogen-bond acceptors (Lipinski definition) is 3. The molecular formula is C14H22N2OS. The van der Waals surface area contributed by atoms with Gasteiger partial charge in [-0.1, -0.05) is 13.8 Å². The molecule has 2 heterocycles. The molecular weight excluding hydrogens is 244 g/mol. The van der Waals surface area contributed by atoms with Gasteiger partial charge in [-0.25, -0.2) is 0 Å². The van der Waals surface area contributed by atoms with E-state index in [-0.39, 0.29) is 5.91 Å². The summed E-state index contributed by atoms with van der Waals surface area (Å²) in [5.41, 5.74) is 6.55. The Morgan fingerprint density at radius 1 is 1.44 bits per heavy atom. The van der Waals surface area contributed by atoms with Crippen molar-refractivity contribution in [2.75, 3.05) is 18.8 Å². The van der Waals surface area contributed by atoms with E-state index in [2.05, 4.69) is 13.8 Å². The Balaban J connectivity index is 1.99. The van der Waals surface area contributed by atoms with E-state index in [1.165, 1.54) is 11.3 Å². The first kappa shape index (κ1) is 13.4. The van der Waals surface area contributed by atoms with Gasteiger partial charge < -0.3 is 10.6 Å². The lowest BCUT2D eigenvalue weighted by atomic mass is 9.87. The first-order chi connectivity index (χ1) is 8.49. The van der Waals surface area contributed by atoms with Gasteiger partial charge in [0.2, 0.25) is 0 Å². The van der Waals surface area contributed by atoms with E-state index in [1.54, 1.807) is 0 Å². The Labute approximate surface area is 113 Å². The fourth-order valence-corrected chi connectivity index (χ4v) is 3.44. The number of anilines is 1. The molecule has 1 saturated heterocycles. The zero-order chi connectivity index (χ0) is 13.3. The number of piperidine rings is 1. The van der Waals surface area contributed by atoms with Gasteiger partial charge in [0.25, 0.3) is 5.91 Å². The fraction of sp³-hybridized carbons (Fsp3) is 0.643. The normalized spacial score (nSPS) is 17.4. The average molecular weight is 266 g/mol. The van der Waals surface area contributed by atoms with Crippen LogP contribution in [0.15, 0.2) is 6.07 Å². The van der Waals surface area contributed by atoms with E-state index in [9.17, 15) is 4.79 Å². The van der Waals surface area contributed by atoms with Crippen molar-refractivity contribution in [1.82, 2.24) is 4.90 Å². The standard InChI is InChI=1S/C14H22N2OS/c1-9(2)11-4-6-16(7-5-11)14(17)13-8-12(15)10(3)18-13/h8-9,11H,4-7,15H2,1-3H3. The van der Waals surface area contributed by atoms with Crippen LogP contribution in [0.1, 0.15) is 41.2 Å². The molecule has 100 valence electrons. The second-order valence-electron chi connectivity index (χ2n) is 5.50. The Hall–Kier alpha value is -1.03. The van der Waals surface area contributed by atoms with Crippen LogP contribution in [-0.2, 0) is 0 Å². The van der Waals surface area contributed by atoms with Crippen molar-refractivity contribution < 1.29 is 4.79 Å². The summed E-state index contributed by atoms with van der Waals surface area (Å²) in [6, 6.07) is 1.82. The van der Waals surface area contributed by atoms with Crippen LogP contribution in [0.2, 0.25) is 0 Å². The first-order valence-corrected chi connectivity index (χ1v) is 7.46. The van der Waals surface area contributed by atoms with Gasteiger partial charge in [-0.2, -0.15) is 0 Å². The van der Waals surface area contributed by atoms with E-state index < -0.39 is 0 Å². The van der Waals surface area contributed by atoms with Gasteiger partial charge in [0.1, 0.15) is 0 Å². The van der Waals surface area contributed by atoms with Crippen LogP contribution in [0.4, 0.5) is 5.69 Å². The zero-order valence-corrected chi connectivity index (χ0v) is 12.2. The number of amides is 1. The maximum Gasteiger partial charge on any atom is 0.264 e. The molecule has 0 radical (unpaired) electrons. The second kappa shape index (κ2) is 5.31. The third-order valence-electron chi connectivity index (χ3n) is 3.94. The summed E-state index contributed by atoms with van der Waals surface area (Å²) >= 11 is 1.51. The van der Waals surface area contributed by atoms with Crippen molar-refractivity contribution in [2.24, 2.45) is 11.8 Å². The number of hydrogen-bond donors (Lipinski definition) is 1. The highest BCUT2D eigenvalue weighted by molar-refractivity contribution is 7.14. The van der Waals surface area contributed by atoms with Gasteiger partial charge in [0, 0.05) is 23.7 Å². The van der Waals surface area contributed by atoms with Gasteiger partial charge in [-0.15, -0.1) is 11.3 Å². The molecule has 0 bridgehead atoms. The molecule has 0 atom stereocenters. The number of likely N-dealkylation sites (tertiary alicyclic amines) is 1. The van der Waals surface area contributed by atoms with Crippen LogP contribution in [0, 0.1) is 18.8 Å². The van der Waals surface area contributed by atoms with Crippen molar-refractivity contribution in [3.8, 4) is 0 Å². The quantitative estimate of drug-likeness (QED) is 0.894. The topological polar surface area (TPSA) is 46.3 Å². The third-order valence-corrected chi connectivity index (χ3v) is 4.99. The Morgan fingerprint density at radius 3 is 2.50 bits per heavy atom. The molecule has 0 aromatic carbocycles. The van der Waals surface area contributed by atoms with E-state index >= 15 is 0 Å². The number of rotatable bonds is 2. The minimum Gasteiger partial charge on any atom is -0.398 e. The average Bonchev–Trinajstić information content (AvgIpc) is 2.69. The van der Waals surface area contributed by atoms with Crippen LogP contribution in [-0.4, -0.2) is 23.9 Å². The van der Waals surface area contributed by atoms with Crippen molar-refractivity contribution in [1.29, 1.82) is 0 Å². The van der Waals surface area contributed by atoms with Gasteiger partial charge in [-0.3, -0.25) is 4.79 Å². The summed E-state index contributed by atoms with van der Waals surface area (Å²) in [6.07, 6.45) is 2.26. The highest BCUT2D eigenvalue weighted by atomic mass is 32.1. The van der Waals surface area contributed by atoms with Crippen molar-refractivity contribution >= 4 is 22.9 Å². The van der Waals surface area contributed by atoms with Crippen LogP contribution in [0.5, 0.6) is 0 Å². The van der Waals surface area contributed by atoms with Crippen LogP contribution in [0.3, 0.4) is 0 Å². The number of nitrogens with two attached hydrogens (primary N) is 1. The molecule has 3 nitrogen and oxygen atoms in total. The first-order valence-electron chi connectivity index (χ1n) is 6.64. The molecule has 1 aliphatic heterocycles. The molecule has 1 aliphatic rings. The zero-order valence-electron chi connectivity index (χ0n) is 11.4. The van der Waals surface area contributed by atoms with Gasteiger partial charge in [-0.05, 0) is 37.7 Å².